The van der Waals surface area contributed by atoms with Gasteiger partial charge < -0.3 is 19.9 Å². The molecule has 1 aliphatic heterocycles. The first kappa shape index (κ1) is 25.7. The molecule has 5 rings (SSSR count). The molecule has 2 amide bonds. The molecular weight excluding hydrogens is 529 g/mol. The maximum Gasteiger partial charge on any atom is 0.234 e. The summed E-state index contributed by atoms with van der Waals surface area (Å²) in [5, 5.41) is 15.0. The molecule has 192 valence electrons. The smallest absolute Gasteiger partial charge is 0.234 e. The Labute approximate surface area is 226 Å². The van der Waals surface area contributed by atoms with Gasteiger partial charge in [0.15, 0.2) is 15.3 Å². The summed E-state index contributed by atoms with van der Waals surface area (Å²) in [5.41, 5.74) is 2.52. The standard InChI is InChI=1S/C25H26N6O3S3/c1-31-23(16-6-3-2-4-7-16)29-30-24(31)35-15-22(33)27-17-9-10-19-20(12-17)37-25(28-19)36-14-21(32)26-13-18-8-5-11-34-18/h2-4,6-7,9-10,12,18H,5,8,11,13-15H2,1H3,(H,26,32)(H,27,33)/t18-/m0/s1. The molecule has 12 heteroatoms. The van der Waals surface area contributed by atoms with Crippen LogP contribution in [0.2, 0.25) is 0 Å². The predicted molar refractivity (Wildman–Crippen MR) is 148 cm³/mol. The molecule has 37 heavy (non-hydrogen) atoms. The van der Waals surface area contributed by atoms with E-state index in [1.165, 1.54) is 34.9 Å². The maximum absolute atomic E-state index is 12.6. The van der Waals surface area contributed by atoms with E-state index >= 15 is 0 Å². The molecule has 0 unspecified atom stereocenters. The Kier molecular flexibility index (Phi) is 8.39. The summed E-state index contributed by atoms with van der Waals surface area (Å²) in [6.07, 6.45) is 2.19. The van der Waals surface area contributed by atoms with Crippen LogP contribution in [0.3, 0.4) is 0 Å². The van der Waals surface area contributed by atoms with E-state index in [9.17, 15) is 9.59 Å². The van der Waals surface area contributed by atoms with E-state index < -0.39 is 0 Å². The molecule has 3 heterocycles. The SMILES string of the molecule is Cn1c(SCC(=O)Nc2ccc3nc(SCC(=O)NC[C@@H]4CCCO4)sc3c2)nnc1-c1ccccc1. The molecule has 0 saturated carbocycles. The number of ether oxygens (including phenoxy) is 1. The van der Waals surface area contributed by atoms with Crippen LogP contribution in [-0.4, -0.2) is 62.3 Å². The average Bonchev–Trinajstić information content (AvgIpc) is 3.65. The Morgan fingerprint density at radius 2 is 1.95 bits per heavy atom. The summed E-state index contributed by atoms with van der Waals surface area (Å²) >= 11 is 4.26. The number of aromatic nitrogens is 4. The molecule has 2 aromatic carbocycles. The van der Waals surface area contributed by atoms with Gasteiger partial charge >= 0.3 is 0 Å². The minimum atomic E-state index is -0.129. The number of hydrogen-bond donors (Lipinski definition) is 2. The lowest BCUT2D eigenvalue weighted by Gasteiger charge is -2.09. The fraction of sp³-hybridized carbons (Fsp3) is 0.320. The van der Waals surface area contributed by atoms with Crippen LogP contribution in [0, 0.1) is 0 Å². The molecule has 0 spiro atoms. The number of anilines is 1. The first-order valence-corrected chi connectivity index (χ1v) is 14.6. The normalized spacial score (nSPS) is 15.2. The zero-order valence-electron chi connectivity index (χ0n) is 20.2. The van der Waals surface area contributed by atoms with Gasteiger partial charge in [-0.25, -0.2) is 4.98 Å². The molecule has 1 fully saturated rings. The minimum Gasteiger partial charge on any atom is -0.376 e. The van der Waals surface area contributed by atoms with E-state index in [1.807, 2.05) is 60.1 Å². The molecule has 0 radical (unpaired) electrons. The number of carbonyl (C=O) groups is 2. The third-order valence-electron chi connectivity index (χ3n) is 5.73. The number of nitrogens with zero attached hydrogens (tertiary/aromatic N) is 4. The van der Waals surface area contributed by atoms with Crippen molar-refractivity contribution < 1.29 is 14.3 Å². The van der Waals surface area contributed by atoms with Gasteiger partial charge in [0.25, 0.3) is 0 Å². The first-order valence-electron chi connectivity index (χ1n) is 11.8. The van der Waals surface area contributed by atoms with Gasteiger partial charge in [-0.05, 0) is 31.0 Å². The molecule has 2 N–H and O–H groups in total. The summed E-state index contributed by atoms with van der Waals surface area (Å²) in [6, 6.07) is 15.4. The number of benzene rings is 2. The largest absolute Gasteiger partial charge is 0.376 e. The Hall–Kier alpha value is -2.93. The van der Waals surface area contributed by atoms with Gasteiger partial charge in [-0.3, -0.25) is 9.59 Å². The van der Waals surface area contributed by atoms with Gasteiger partial charge in [-0.15, -0.1) is 21.5 Å². The summed E-state index contributed by atoms with van der Waals surface area (Å²) in [7, 11) is 1.89. The molecule has 1 aliphatic rings. The van der Waals surface area contributed by atoms with Crippen molar-refractivity contribution >= 4 is 62.6 Å². The second-order valence-corrected chi connectivity index (χ2v) is 11.7. The second kappa shape index (κ2) is 12.1. The number of fused-ring (bicyclic) bond motifs is 1. The Balaban J connectivity index is 1.12. The van der Waals surface area contributed by atoms with Crippen molar-refractivity contribution in [2.75, 3.05) is 30.0 Å². The highest BCUT2D eigenvalue weighted by Crippen LogP contribution is 2.31. The maximum atomic E-state index is 12.6. The van der Waals surface area contributed by atoms with E-state index in [1.54, 1.807) is 0 Å². The van der Waals surface area contributed by atoms with Crippen molar-refractivity contribution in [2.24, 2.45) is 7.05 Å². The van der Waals surface area contributed by atoms with Gasteiger partial charge in [0, 0.05) is 31.5 Å². The minimum absolute atomic E-state index is 0.0241. The monoisotopic (exact) mass is 554 g/mol. The number of thiazole rings is 1. The highest BCUT2D eigenvalue weighted by Gasteiger charge is 2.17. The third-order valence-corrected chi connectivity index (χ3v) is 8.91. The quantitative estimate of drug-likeness (QED) is 0.281. The van der Waals surface area contributed by atoms with E-state index in [2.05, 4.69) is 25.8 Å². The molecule has 1 atom stereocenters. The fourth-order valence-corrected chi connectivity index (χ4v) is 6.51. The van der Waals surface area contributed by atoms with E-state index in [4.69, 9.17) is 4.74 Å². The number of rotatable bonds is 10. The summed E-state index contributed by atoms with van der Waals surface area (Å²) in [5.74, 6) is 1.12. The van der Waals surface area contributed by atoms with Gasteiger partial charge in [-0.1, -0.05) is 53.9 Å². The van der Waals surface area contributed by atoms with Crippen molar-refractivity contribution in [3.63, 3.8) is 0 Å². The van der Waals surface area contributed by atoms with Crippen molar-refractivity contribution in [1.82, 2.24) is 25.1 Å². The van der Waals surface area contributed by atoms with Crippen molar-refractivity contribution in [3.8, 4) is 11.4 Å². The molecule has 2 aromatic heterocycles. The zero-order chi connectivity index (χ0) is 25.6. The van der Waals surface area contributed by atoms with Crippen LogP contribution >= 0.6 is 34.9 Å². The van der Waals surface area contributed by atoms with Gasteiger partial charge in [-0.2, -0.15) is 0 Å². The molecule has 4 aromatic rings. The Morgan fingerprint density at radius 3 is 2.76 bits per heavy atom. The van der Waals surface area contributed by atoms with E-state index in [-0.39, 0.29) is 23.7 Å². The van der Waals surface area contributed by atoms with Crippen LogP contribution in [0.1, 0.15) is 12.8 Å². The van der Waals surface area contributed by atoms with Crippen LogP contribution < -0.4 is 10.6 Å². The number of nitrogens with one attached hydrogen (secondary N) is 2. The zero-order valence-corrected chi connectivity index (χ0v) is 22.6. The topological polar surface area (TPSA) is 111 Å². The van der Waals surface area contributed by atoms with Crippen LogP contribution in [-0.2, 0) is 21.4 Å². The lowest BCUT2D eigenvalue weighted by molar-refractivity contribution is -0.119. The highest BCUT2D eigenvalue weighted by molar-refractivity contribution is 8.01. The Bertz CT molecular complexity index is 1390. The molecule has 1 saturated heterocycles. The first-order chi connectivity index (χ1) is 18.0. The van der Waals surface area contributed by atoms with Gasteiger partial charge in [0.1, 0.15) is 0 Å². The van der Waals surface area contributed by atoms with E-state index in [0.29, 0.717) is 23.1 Å². The van der Waals surface area contributed by atoms with Crippen molar-refractivity contribution in [3.05, 3.63) is 48.5 Å². The fourth-order valence-electron chi connectivity index (χ4n) is 3.86. The summed E-state index contributed by atoms with van der Waals surface area (Å²) in [4.78, 5) is 29.3. The number of carbonyl (C=O) groups excluding carboxylic acids is 2. The average molecular weight is 555 g/mol. The summed E-state index contributed by atoms with van der Waals surface area (Å²) in [6.45, 7) is 1.34. The molecule has 0 aliphatic carbocycles. The lowest BCUT2D eigenvalue weighted by atomic mass is 10.2. The third kappa shape index (κ3) is 6.69. The predicted octanol–water partition coefficient (Wildman–Crippen LogP) is 4.21. The second-order valence-electron chi connectivity index (χ2n) is 8.46. The van der Waals surface area contributed by atoms with Gasteiger partial charge in [0.2, 0.25) is 11.8 Å². The molecule has 9 nitrogen and oxygen atoms in total. The Morgan fingerprint density at radius 1 is 1.11 bits per heavy atom. The number of amides is 2. The lowest BCUT2D eigenvalue weighted by Crippen LogP contribution is -2.32. The number of thioether (sulfide) groups is 2. The van der Waals surface area contributed by atoms with Crippen molar-refractivity contribution in [2.45, 2.75) is 28.4 Å². The molecular formula is C25H26N6O3S3. The van der Waals surface area contributed by atoms with Crippen LogP contribution in [0.4, 0.5) is 5.69 Å². The number of hydrogen-bond acceptors (Lipinski definition) is 9. The van der Waals surface area contributed by atoms with Crippen LogP contribution in [0.25, 0.3) is 21.6 Å². The highest BCUT2D eigenvalue weighted by atomic mass is 32.2. The summed E-state index contributed by atoms with van der Waals surface area (Å²) < 4.78 is 9.19. The molecule has 0 bridgehead atoms. The van der Waals surface area contributed by atoms with Crippen molar-refractivity contribution in [1.29, 1.82) is 0 Å². The van der Waals surface area contributed by atoms with Crippen LogP contribution in [0.15, 0.2) is 58.0 Å². The van der Waals surface area contributed by atoms with E-state index in [0.717, 1.165) is 45.4 Å². The van der Waals surface area contributed by atoms with Gasteiger partial charge in [0.05, 0.1) is 27.8 Å². The van der Waals surface area contributed by atoms with Crippen LogP contribution in [0.5, 0.6) is 0 Å².